The fourth-order valence-corrected chi connectivity index (χ4v) is 3.81. The molecule has 2 heterocycles. The van der Waals surface area contributed by atoms with E-state index in [1.54, 1.807) is 12.1 Å². The van der Waals surface area contributed by atoms with Gasteiger partial charge in [0.2, 0.25) is 0 Å². The van der Waals surface area contributed by atoms with Gasteiger partial charge in [-0.15, -0.1) is 0 Å². The molecule has 4 heteroatoms. The number of carbonyl (C=O) groups excluding carboxylic acids is 1. The molecule has 2 aliphatic heterocycles. The van der Waals surface area contributed by atoms with Gasteiger partial charge in [0, 0.05) is 24.7 Å². The van der Waals surface area contributed by atoms with Crippen molar-refractivity contribution in [2.75, 3.05) is 19.6 Å². The summed E-state index contributed by atoms with van der Waals surface area (Å²) in [4.78, 5) is 14.9. The second-order valence-electron chi connectivity index (χ2n) is 6.57. The van der Waals surface area contributed by atoms with Gasteiger partial charge in [-0.1, -0.05) is 12.1 Å². The first-order valence-corrected chi connectivity index (χ1v) is 7.93. The van der Waals surface area contributed by atoms with Gasteiger partial charge in [0.05, 0.1) is 0 Å². The first kappa shape index (κ1) is 13.6. The number of rotatable bonds is 2. The number of amides is 1. The van der Waals surface area contributed by atoms with E-state index in [4.69, 9.17) is 0 Å². The number of nitrogens with zero attached hydrogens (tertiary/aromatic N) is 1. The van der Waals surface area contributed by atoms with Crippen molar-refractivity contribution >= 4 is 16.7 Å². The lowest BCUT2D eigenvalue weighted by molar-refractivity contribution is 0.0909. The molecule has 114 valence electrons. The Morgan fingerprint density at radius 2 is 2.00 bits per heavy atom. The third-order valence-electron chi connectivity index (χ3n) is 4.89. The first-order chi connectivity index (χ1) is 10.7. The van der Waals surface area contributed by atoms with Gasteiger partial charge in [-0.3, -0.25) is 4.79 Å². The number of fused-ring (bicyclic) bond motifs is 3. The van der Waals surface area contributed by atoms with Crippen molar-refractivity contribution in [2.24, 2.45) is 5.92 Å². The van der Waals surface area contributed by atoms with E-state index in [0.29, 0.717) is 5.56 Å². The summed E-state index contributed by atoms with van der Waals surface area (Å²) in [6, 6.07) is 11.1. The van der Waals surface area contributed by atoms with Gasteiger partial charge in [0.25, 0.3) is 5.91 Å². The van der Waals surface area contributed by atoms with E-state index in [2.05, 4.69) is 10.2 Å². The van der Waals surface area contributed by atoms with Gasteiger partial charge in [-0.2, -0.15) is 0 Å². The largest absolute Gasteiger partial charge is 0.508 e. The zero-order valence-electron chi connectivity index (χ0n) is 12.5. The monoisotopic (exact) mass is 296 g/mol. The number of nitrogens with one attached hydrogen (secondary N) is 1. The van der Waals surface area contributed by atoms with Crippen molar-refractivity contribution in [3.8, 4) is 5.75 Å². The molecule has 22 heavy (non-hydrogen) atoms. The van der Waals surface area contributed by atoms with E-state index >= 15 is 0 Å². The molecule has 0 aliphatic carbocycles. The molecule has 2 aromatic carbocycles. The number of hydrogen-bond acceptors (Lipinski definition) is 3. The normalized spacial score (nSPS) is 27.0. The Balaban J connectivity index is 1.52. The lowest BCUT2D eigenvalue weighted by Gasteiger charge is -2.30. The lowest BCUT2D eigenvalue weighted by atomic mass is 9.96. The maximum absolute atomic E-state index is 12.5. The van der Waals surface area contributed by atoms with Crippen LogP contribution in [0.15, 0.2) is 36.4 Å². The van der Waals surface area contributed by atoms with Gasteiger partial charge in [-0.25, -0.2) is 0 Å². The second kappa shape index (κ2) is 5.29. The van der Waals surface area contributed by atoms with Gasteiger partial charge < -0.3 is 15.3 Å². The topological polar surface area (TPSA) is 52.6 Å². The van der Waals surface area contributed by atoms with Crippen molar-refractivity contribution in [1.82, 2.24) is 10.2 Å². The Kier molecular flexibility index (Phi) is 3.26. The van der Waals surface area contributed by atoms with E-state index in [0.717, 1.165) is 29.7 Å². The molecule has 2 saturated heterocycles. The van der Waals surface area contributed by atoms with Crippen LogP contribution in [0, 0.1) is 5.92 Å². The van der Waals surface area contributed by atoms with Crippen molar-refractivity contribution < 1.29 is 9.90 Å². The zero-order chi connectivity index (χ0) is 15.1. The Hall–Kier alpha value is -2.07. The third-order valence-corrected chi connectivity index (χ3v) is 4.89. The summed E-state index contributed by atoms with van der Waals surface area (Å²) >= 11 is 0. The fraction of sp³-hybridized carbons (Fsp3) is 0.389. The maximum Gasteiger partial charge on any atom is 0.251 e. The highest BCUT2D eigenvalue weighted by Gasteiger charge is 2.32. The summed E-state index contributed by atoms with van der Waals surface area (Å²) in [5, 5.41) is 14.7. The highest BCUT2D eigenvalue weighted by molar-refractivity contribution is 5.99. The molecular weight excluding hydrogens is 276 g/mol. The molecule has 3 atom stereocenters. The minimum Gasteiger partial charge on any atom is -0.508 e. The summed E-state index contributed by atoms with van der Waals surface area (Å²) in [5.41, 5.74) is 0.658. The minimum atomic E-state index is -0.0160. The maximum atomic E-state index is 12.5. The molecule has 2 N–H and O–H groups in total. The molecular formula is C18H20N2O2. The van der Waals surface area contributed by atoms with E-state index in [1.807, 2.05) is 24.3 Å². The van der Waals surface area contributed by atoms with Crippen LogP contribution in [-0.4, -0.2) is 41.6 Å². The Morgan fingerprint density at radius 3 is 2.86 bits per heavy atom. The van der Waals surface area contributed by atoms with Gasteiger partial charge >= 0.3 is 0 Å². The van der Waals surface area contributed by atoms with Crippen molar-refractivity contribution in [2.45, 2.75) is 18.9 Å². The fourth-order valence-electron chi connectivity index (χ4n) is 3.81. The smallest absolute Gasteiger partial charge is 0.251 e. The van der Waals surface area contributed by atoms with Crippen LogP contribution in [0.3, 0.4) is 0 Å². The average Bonchev–Trinajstić information content (AvgIpc) is 2.85. The summed E-state index contributed by atoms with van der Waals surface area (Å²) in [7, 11) is 0. The van der Waals surface area contributed by atoms with Crippen LogP contribution < -0.4 is 5.32 Å². The van der Waals surface area contributed by atoms with Crippen LogP contribution >= 0.6 is 0 Å². The highest BCUT2D eigenvalue weighted by atomic mass is 16.3. The molecule has 1 unspecified atom stereocenters. The SMILES string of the molecule is O=C(N[C@@H]1C[C@@H]2CCN(C2)C1)c1ccc2ccc(O)cc2c1. The van der Waals surface area contributed by atoms with Gasteiger partial charge in [-0.05, 0) is 60.3 Å². The summed E-state index contributed by atoms with van der Waals surface area (Å²) in [6.07, 6.45) is 2.36. The number of hydrogen-bond donors (Lipinski definition) is 2. The van der Waals surface area contributed by atoms with Crippen LogP contribution in [-0.2, 0) is 0 Å². The first-order valence-electron chi connectivity index (χ1n) is 7.93. The number of carbonyl (C=O) groups is 1. The zero-order valence-corrected chi connectivity index (χ0v) is 12.5. The number of benzene rings is 2. The molecule has 4 rings (SSSR count). The van der Waals surface area contributed by atoms with E-state index in [-0.39, 0.29) is 17.7 Å². The molecule has 0 spiro atoms. The van der Waals surface area contributed by atoms with Crippen LogP contribution in [0.2, 0.25) is 0 Å². The van der Waals surface area contributed by atoms with Gasteiger partial charge in [0.1, 0.15) is 5.75 Å². The van der Waals surface area contributed by atoms with Crippen molar-refractivity contribution in [1.29, 1.82) is 0 Å². The van der Waals surface area contributed by atoms with Crippen LogP contribution in [0.4, 0.5) is 0 Å². The molecule has 2 bridgehead atoms. The molecule has 1 amide bonds. The molecule has 0 saturated carbocycles. The van der Waals surface area contributed by atoms with E-state index in [1.165, 1.54) is 19.5 Å². The molecule has 0 radical (unpaired) electrons. The number of piperidine rings is 1. The summed E-state index contributed by atoms with van der Waals surface area (Å²) < 4.78 is 0. The second-order valence-corrected chi connectivity index (χ2v) is 6.57. The lowest BCUT2D eigenvalue weighted by Crippen LogP contribution is -2.47. The molecule has 2 fully saturated rings. The Morgan fingerprint density at radius 1 is 1.14 bits per heavy atom. The quantitative estimate of drug-likeness (QED) is 0.894. The molecule has 2 aromatic rings. The predicted octanol–water partition coefficient (Wildman–Crippen LogP) is 2.37. The van der Waals surface area contributed by atoms with Gasteiger partial charge in [0.15, 0.2) is 0 Å². The minimum absolute atomic E-state index is 0.0160. The molecule has 0 aromatic heterocycles. The van der Waals surface area contributed by atoms with Crippen LogP contribution in [0.5, 0.6) is 5.75 Å². The highest BCUT2D eigenvalue weighted by Crippen LogP contribution is 2.27. The van der Waals surface area contributed by atoms with Crippen LogP contribution in [0.1, 0.15) is 23.2 Å². The molecule has 4 nitrogen and oxygen atoms in total. The Labute approximate surface area is 129 Å². The van der Waals surface area contributed by atoms with Crippen molar-refractivity contribution in [3.05, 3.63) is 42.0 Å². The number of phenolic OH excluding ortho intramolecular Hbond substituents is 1. The van der Waals surface area contributed by atoms with Crippen LogP contribution in [0.25, 0.3) is 10.8 Å². The third kappa shape index (κ3) is 2.55. The Bertz CT molecular complexity index is 716. The number of phenols is 1. The number of aromatic hydroxyl groups is 1. The summed E-state index contributed by atoms with van der Waals surface area (Å²) in [5.74, 6) is 0.951. The summed E-state index contributed by atoms with van der Waals surface area (Å²) in [6.45, 7) is 3.34. The van der Waals surface area contributed by atoms with Crippen molar-refractivity contribution in [3.63, 3.8) is 0 Å². The standard InChI is InChI=1S/C18H20N2O2/c21-17-4-3-13-1-2-14(8-15(13)9-17)18(22)19-16-7-12-5-6-20(10-12)11-16/h1-4,8-9,12,16,21H,5-7,10-11H2,(H,19,22)/t12-,16+/m0/s1. The predicted molar refractivity (Wildman–Crippen MR) is 86.0 cm³/mol. The average molecular weight is 296 g/mol. The van der Waals surface area contributed by atoms with E-state index < -0.39 is 0 Å². The van der Waals surface area contributed by atoms with E-state index in [9.17, 15) is 9.90 Å². The molecule has 2 aliphatic rings.